The number of hydrogen-bond donors (Lipinski definition) is 1. The molecule has 0 spiro atoms. The number of aryl methyl sites for hydroxylation is 2. The Balaban J connectivity index is 1.64. The standard InChI is InChI=1S/C23H26N6O4S/c1-4-16(20(30)27-19-14(10-24)11-26-28(19)3)29-12-25-21-17(22(29)31)13(2)18(34-21)23(32)33-15-8-6-5-7-9-15/h11-12,15-16H,4-9H2,1-3H3,(H,27,30). The first-order valence-electron chi connectivity index (χ1n) is 11.3. The first-order chi connectivity index (χ1) is 16.3. The third-order valence-electron chi connectivity index (χ3n) is 6.21. The fourth-order valence-electron chi connectivity index (χ4n) is 4.32. The molecular formula is C23H26N6O4S. The average molecular weight is 483 g/mol. The van der Waals surface area contributed by atoms with Crippen LogP contribution in [0.25, 0.3) is 10.2 Å². The molecular weight excluding hydrogens is 456 g/mol. The molecule has 1 aliphatic rings. The zero-order valence-electron chi connectivity index (χ0n) is 19.3. The van der Waals surface area contributed by atoms with Crippen molar-refractivity contribution in [1.29, 1.82) is 5.26 Å². The fourth-order valence-corrected chi connectivity index (χ4v) is 5.34. The highest BCUT2D eigenvalue weighted by Gasteiger charge is 2.27. The number of carbonyl (C=O) groups is 2. The molecule has 1 N–H and O–H groups in total. The summed E-state index contributed by atoms with van der Waals surface area (Å²) in [7, 11) is 1.61. The lowest BCUT2D eigenvalue weighted by molar-refractivity contribution is -0.119. The van der Waals surface area contributed by atoms with Crippen LogP contribution in [0.15, 0.2) is 17.3 Å². The van der Waals surface area contributed by atoms with Gasteiger partial charge in [0.2, 0.25) is 5.91 Å². The number of nitrogens with zero attached hydrogens (tertiary/aromatic N) is 5. The van der Waals surface area contributed by atoms with E-state index in [4.69, 9.17) is 4.74 Å². The maximum atomic E-state index is 13.4. The normalized spacial score (nSPS) is 15.1. The maximum absolute atomic E-state index is 13.4. The number of hydrogen-bond acceptors (Lipinski definition) is 8. The Hall–Kier alpha value is -3.52. The summed E-state index contributed by atoms with van der Waals surface area (Å²) in [6.45, 7) is 3.49. The van der Waals surface area contributed by atoms with Crippen LogP contribution >= 0.6 is 11.3 Å². The molecule has 178 valence electrons. The number of nitrogens with one attached hydrogen (secondary N) is 1. The van der Waals surface area contributed by atoms with E-state index < -0.39 is 23.5 Å². The van der Waals surface area contributed by atoms with E-state index in [-0.39, 0.29) is 17.5 Å². The van der Waals surface area contributed by atoms with Crippen LogP contribution in [-0.4, -0.2) is 37.3 Å². The number of esters is 1. The molecule has 3 aromatic rings. The van der Waals surface area contributed by atoms with Gasteiger partial charge in [-0.15, -0.1) is 11.3 Å². The van der Waals surface area contributed by atoms with Crippen molar-refractivity contribution < 1.29 is 14.3 Å². The predicted octanol–water partition coefficient (Wildman–Crippen LogP) is 3.45. The molecule has 34 heavy (non-hydrogen) atoms. The molecule has 11 heteroatoms. The number of fused-ring (bicyclic) bond motifs is 1. The van der Waals surface area contributed by atoms with Gasteiger partial charge >= 0.3 is 5.97 Å². The van der Waals surface area contributed by atoms with Crippen molar-refractivity contribution in [3.8, 4) is 6.07 Å². The maximum Gasteiger partial charge on any atom is 0.348 e. The highest BCUT2D eigenvalue weighted by atomic mass is 32.1. The summed E-state index contributed by atoms with van der Waals surface area (Å²) in [5, 5.41) is 16.2. The second-order valence-electron chi connectivity index (χ2n) is 8.41. The Morgan fingerprint density at radius 1 is 1.35 bits per heavy atom. The van der Waals surface area contributed by atoms with Gasteiger partial charge in [0.1, 0.15) is 39.3 Å². The molecule has 1 unspecified atom stereocenters. The van der Waals surface area contributed by atoms with Crippen molar-refractivity contribution in [3.05, 3.63) is 38.9 Å². The molecule has 3 heterocycles. The molecule has 1 saturated carbocycles. The highest BCUT2D eigenvalue weighted by molar-refractivity contribution is 7.20. The summed E-state index contributed by atoms with van der Waals surface area (Å²) in [4.78, 5) is 44.4. The second kappa shape index (κ2) is 9.77. The molecule has 0 aliphatic heterocycles. The van der Waals surface area contributed by atoms with Crippen LogP contribution in [0.1, 0.15) is 72.3 Å². The average Bonchev–Trinajstić information content (AvgIpc) is 3.36. The molecule has 1 fully saturated rings. The third-order valence-corrected chi connectivity index (χ3v) is 7.39. The van der Waals surface area contributed by atoms with Crippen LogP contribution in [0.4, 0.5) is 5.82 Å². The smallest absolute Gasteiger partial charge is 0.348 e. The molecule has 0 aromatic carbocycles. The lowest BCUT2D eigenvalue weighted by Gasteiger charge is -2.21. The minimum Gasteiger partial charge on any atom is -0.458 e. The quantitative estimate of drug-likeness (QED) is 0.532. The number of amides is 1. The van der Waals surface area contributed by atoms with Crippen molar-refractivity contribution in [2.24, 2.45) is 7.05 Å². The van der Waals surface area contributed by atoms with E-state index in [1.54, 1.807) is 20.9 Å². The molecule has 1 atom stereocenters. The number of carbonyl (C=O) groups excluding carboxylic acids is 2. The van der Waals surface area contributed by atoms with Crippen LogP contribution in [-0.2, 0) is 16.6 Å². The van der Waals surface area contributed by atoms with Gasteiger partial charge < -0.3 is 10.1 Å². The van der Waals surface area contributed by atoms with E-state index in [9.17, 15) is 19.6 Å². The van der Waals surface area contributed by atoms with E-state index in [2.05, 4.69) is 15.4 Å². The third kappa shape index (κ3) is 4.33. The van der Waals surface area contributed by atoms with Gasteiger partial charge in [0.15, 0.2) is 0 Å². The van der Waals surface area contributed by atoms with Gasteiger partial charge in [0.05, 0.1) is 17.9 Å². The minimum atomic E-state index is -0.859. The first kappa shape index (κ1) is 23.6. The number of nitriles is 1. The minimum absolute atomic E-state index is 0.0889. The van der Waals surface area contributed by atoms with Crippen molar-refractivity contribution in [2.75, 3.05) is 5.32 Å². The topological polar surface area (TPSA) is 132 Å². The van der Waals surface area contributed by atoms with Crippen molar-refractivity contribution in [1.82, 2.24) is 19.3 Å². The van der Waals surface area contributed by atoms with Gasteiger partial charge in [-0.2, -0.15) is 10.4 Å². The number of aromatic nitrogens is 4. The van der Waals surface area contributed by atoms with Gasteiger partial charge in [-0.05, 0) is 44.6 Å². The van der Waals surface area contributed by atoms with E-state index in [0.717, 1.165) is 43.4 Å². The summed E-state index contributed by atoms with van der Waals surface area (Å²) < 4.78 is 8.36. The molecule has 10 nitrogen and oxygen atoms in total. The number of anilines is 1. The molecule has 0 bridgehead atoms. The summed E-state index contributed by atoms with van der Waals surface area (Å²) >= 11 is 1.13. The molecule has 1 aliphatic carbocycles. The Morgan fingerprint density at radius 3 is 2.76 bits per heavy atom. The Labute approximate surface area is 200 Å². The SMILES string of the molecule is CCC(C(=O)Nc1c(C#N)cnn1C)n1cnc2sc(C(=O)OC3CCCCC3)c(C)c2c1=O. The van der Waals surface area contributed by atoms with E-state index >= 15 is 0 Å². The van der Waals surface area contributed by atoms with E-state index in [1.165, 1.54) is 21.8 Å². The molecule has 4 rings (SSSR count). The van der Waals surface area contributed by atoms with Gasteiger partial charge in [-0.25, -0.2) is 9.78 Å². The number of ether oxygens (including phenoxy) is 1. The van der Waals surface area contributed by atoms with Gasteiger partial charge in [0, 0.05) is 7.05 Å². The second-order valence-corrected chi connectivity index (χ2v) is 9.41. The van der Waals surface area contributed by atoms with Crippen LogP contribution in [0.2, 0.25) is 0 Å². The Kier molecular flexibility index (Phi) is 6.79. The zero-order chi connectivity index (χ0) is 24.4. The Bertz CT molecular complexity index is 1340. The largest absolute Gasteiger partial charge is 0.458 e. The van der Waals surface area contributed by atoms with Crippen LogP contribution in [0, 0.1) is 18.3 Å². The summed E-state index contributed by atoms with van der Waals surface area (Å²) in [5.41, 5.74) is 0.339. The zero-order valence-corrected chi connectivity index (χ0v) is 20.1. The summed E-state index contributed by atoms with van der Waals surface area (Å²) in [6.07, 6.45) is 7.89. The van der Waals surface area contributed by atoms with Crippen LogP contribution in [0.5, 0.6) is 0 Å². The first-order valence-corrected chi connectivity index (χ1v) is 12.1. The number of thiophene rings is 1. The predicted molar refractivity (Wildman–Crippen MR) is 127 cm³/mol. The molecule has 1 amide bonds. The van der Waals surface area contributed by atoms with E-state index in [0.29, 0.717) is 27.1 Å². The van der Waals surface area contributed by atoms with Gasteiger partial charge in [-0.1, -0.05) is 13.3 Å². The summed E-state index contributed by atoms with van der Waals surface area (Å²) in [6, 6.07) is 1.12. The van der Waals surface area contributed by atoms with Crippen LogP contribution < -0.4 is 10.9 Å². The fraction of sp³-hybridized carbons (Fsp3) is 0.478. The lowest BCUT2D eigenvalue weighted by Crippen LogP contribution is -2.33. The monoisotopic (exact) mass is 482 g/mol. The Morgan fingerprint density at radius 2 is 2.09 bits per heavy atom. The van der Waals surface area contributed by atoms with Gasteiger partial charge in [-0.3, -0.25) is 18.8 Å². The van der Waals surface area contributed by atoms with E-state index in [1.807, 2.05) is 6.07 Å². The lowest BCUT2D eigenvalue weighted by atomic mass is 9.98. The van der Waals surface area contributed by atoms with Crippen molar-refractivity contribution in [3.63, 3.8) is 0 Å². The number of rotatable bonds is 6. The highest BCUT2D eigenvalue weighted by Crippen LogP contribution is 2.30. The van der Waals surface area contributed by atoms with Crippen molar-refractivity contribution >= 4 is 39.2 Å². The van der Waals surface area contributed by atoms with Crippen molar-refractivity contribution in [2.45, 2.75) is 64.5 Å². The summed E-state index contributed by atoms with van der Waals surface area (Å²) in [5.74, 6) is -0.633. The molecule has 0 saturated heterocycles. The molecule has 3 aromatic heterocycles. The molecule has 0 radical (unpaired) electrons. The van der Waals surface area contributed by atoms with Gasteiger partial charge in [0.25, 0.3) is 5.56 Å². The van der Waals surface area contributed by atoms with Crippen LogP contribution in [0.3, 0.4) is 0 Å².